The Kier molecular flexibility index (Phi) is 3.88. The molecule has 6 atom stereocenters. The number of esters is 1. The number of nitrogens with zero attached hydrogens (tertiary/aromatic N) is 1. The molecule has 4 aliphatic rings. The standard InChI is InChI=1S/C22H29NO3/c1-14(24)26-22(13-23)11-8-19-17-5-4-15-12-16(25)6-9-20(15,2)18(17)7-10-21(19,22)3/h12,17-19H,4-11H2,1-3H3/t17-,18+,19+,20-,21-,22+/m0/s1. The van der Waals surface area contributed by atoms with E-state index in [1.165, 1.54) is 12.5 Å². The molecule has 4 nitrogen and oxygen atoms in total. The van der Waals surface area contributed by atoms with Crippen LogP contribution in [-0.4, -0.2) is 17.4 Å². The molecule has 0 aromatic carbocycles. The van der Waals surface area contributed by atoms with E-state index in [0.29, 0.717) is 30.6 Å². The first-order valence-electron chi connectivity index (χ1n) is 10.1. The van der Waals surface area contributed by atoms with E-state index in [4.69, 9.17) is 4.74 Å². The molecule has 0 saturated heterocycles. The molecule has 26 heavy (non-hydrogen) atoms. The van der Waals surface area contributed by atoms with Crippen LogP contribution in [0.4, 0.5) is 0 Å². The molecule has 4 rings (SSSR count). The minimum atomic E-state index is -0.964. The summed E-state index contributed by atoms with van der Waals surface area (Å²) in [5.41, 5.74) is 0.283. The molecule has 0 spiro atoms. The number of fused-ring (bicyclic) bond motifs is 5. The molecule has 0 aliphatic heterocycles. The van der Waals surface area contributed by atoms with E-state index in [9.17, 15) is 14.9 Å². The summed E-state index contributed by atoms with van der Waals surface area (Å²) < 4.78 is 5.69. The third-order valence-electron chi connectivity index (χ3n) is 8.58. The van der Waals surface area contributed by atoms with Crippen LogP contribution in [0.15, 0.2) is 11.6 Å². The van der Waals surface area contributed by atoms with Crippen LogP contribution in [-0.2, 0) is 14.3 Å². The zero-order valence-electron chi connectivity index (χ0n) is 16.1. The van der Waals surface area contributed by atoms with E-state index >= 15 is 0 Å². The number of rotatable bonds is 1. The maximum atomic E-state index is 11.9. The van der Waals surface area contributed by atoms with Gasteiger partial charge in [0.2, 0.25) is 5.60 Å². The highest BCUT2D eigenvalue weighted by atomic mass is 16.6. The minimum Gasteiger partial charge on any atom is -0.443 e. The van der Waals surface area contributed by atoms with E-state index in [1.54, 1.807) is 0 Å². The molecular weight excluding hydrogens is 326 g/mol. The van der Waals surface area contributed by atoms with E-state index in [1.807, 2.05) is 6.08 Å². The van der Waals surface area contributed by atoms with E-state index < -0.39 is 5.60 Å². The van der Waals surface area contributed by atoms with Gasteiger partial charge >= 0.3 is 5.97 Å². The van der Waals surface area contributed by atoms with Gasteiger partial charge in [0.15, 0.2) is 5.78 Å². The fourth-order valence-corrected chi connectivity index (χ4v) is 7.18. The third-order valence-corrected chi connectivity index (χ3v) is 8.58. The minimum absolute atomic E-state index is 0.136. The van der Waals surface area contributed by atoms with Gasteiger partial charge in [-0.15, -0.1) is 0 Å². The summed E-state index contributed by atoms with van der Waals surface area (Å²) in [6.45, 7) is 5.97. The summed E-state index contributed by atoms with van der Waals surface area (Å²) in [7, 11) is 0. The Balaban J connectivity index is 1.69. The monoisotopic (exact) mass is 355 g/mol. The Morgan fingerprint density at radius 3 is 2.58 bits per heavy atom. The molecular formula is C22H29NO3. The summed E-state index contributed by atoms with van der Waals surface area (Å²) in [6, 6.07) is 2.42. The normalized spacial score (nSPS) is 47.1. The van der Waals surface area contributed by atoms with Crippen molar-refractivity contribution < 1.29 is 14.3 Å². The van der Waals surface area contributed by atoms with Crippen molar-refractivity contribution in [1.29, 1.82) is 5.26 Å². The van der Waals surface area contributed by atoms with Gasteiger partial charge in [0.05, 0.1) is 0 Å². The zero-order chi connectivity index (χ0) is 18.7. The lowest BCUT2D eigenvalue weighted by Crippen LogP contribution is -2.55. The van der Waals surface area contributed by atoms with Crippen LogP contribution in [0.25, 0.3) is 0 Å². The van der Waals surface area contributed by atoms with Gasteiger partial charge < -0.3 is 4.74 Å². The highest BCUT2D eigenvalue weighted by molar-refractivity contribution is 5.91. The maximum absolute atomic E-state index is 11.9. The van der Waals surface area contributed by atoms with Crippen LogP contribution in [0.1, 0.15) is 72.1 Å². The largest absolute Gasteiger partial charge is 0.443 e. The third kappa shape index (κ3) is 2.19. The smallest absolute Gasteiger partial charge is 0.304 e. The lowest BCUT2D eigenvalue weighted by atomic mass is 9.46. The van der Waals surface area contributed by atoms with Crippen LogP contribution in [0.5, 0.6) is 0 Å². The molecule has 3 saturated carbocycles. The molecule has 0 aromatic heterocycles. The van der Waals surface area contributed by atoms with Crippen molar-refractivity contribution in [3.63, 3.8) is 0 Å². The van der Waals surface area contributed by atoms with Crippen molar-refractivity contribution in [3.8, 4) is 6.07 Å². The van der Waals surface area contributed by atoms with E-state index in [-0.39, 0.29) is 22.6 Å². The van der Waals surface area contributed by atoms with Crippen LogP contribution in [0, 0.1) is 39.9 Å². The molecule has 0 amide bonds. The van der Waals surface area contributed by atoms with Crippen LogP contribution >= 0.6 is 0 Å². The van der Waals surface area contributed by atoms with Gasteiger partial charge in [0.1, 0.15) is 6.07 Å². The van der Waals surface area contributed by atoms with Gasteiger partial charge in [-0.25, -0.2) is 0 Å². The van der Waals surface area contributed by atoms with Crippen molar-refractivity contribution in [3.05, 3.63) is 11.6 Å². The van der Waals surface area contributed by atoms with Crippen molar-refractivity contribution in [2.75, 3.05) is 0 Å². The van der Waals surface area contributed by atoms with Gasteiger partial charge in [-0.3, -0.25) is 9.59 Å². The number of carbonyl (C=O) groups excluding carboxylic acids is 2. The Bertz CT molecular complexity index is 734. The average molecular weight is 355 g/mol. The van der Waals surface area contributed by atoms with E-state index in [0.717, 1.165) is 38.5 Å². The van der Waals surface area contributed by atoms with Gasteiger partial charge in [-0.05, 0) is 67.8 Å². The first-order valence-corrected chi connectivity index (χ1v) is 10.1. The van der Waals surface area contributed by atoms with Gasteiger partial charge in [-0.1, -0.05) is 19.4 Å². The highest BCUT2D eigenvalue weighted by Gasteiger charge is 2.66. The quantitative estimate of drug-likeness (QED) is 0.656. The zero-order valence-corrected chi connectivity index (χ0v) is 16.1. The molecule has 0 radical (unpaired) electrons. The van der Waals surface area contributed by atoms with Crippen LogP contribution < -0.4 is 0 Å². The number of nitriles is 1. The predicted molar refractivity (Wildman–Crippen MR) is 96.8 cm³/mol. The number of carbonyl (C=O) groups is 2. The lowest BCUT2D eigenvalue weighted by Gasteiger charge is -2.58. The van der Waals surface area contributed by atoms with Crippen molar-refractivity contribution in [2.24, 2.45) is 28.6 Å². The fraction of sp³-hybridized carbons (Fsp3) is 0.773. The lowest BCUT2D eigenvalue weighted by molar-refractivity contribution is -0.169. The van der Waals surface area contributed by atoms with Crippen molar-refractivity contribution in [2.45, 2.75) is 77.7 Å². The summed E-state index contributed by atoms with van der Waals surface area (Å²) in [6.07, 6.45) is 9.28. The predicted octanol–water partition coefficient (Wildman–Crippen LogP) is 4.34. The van der Waals surface area contributed by atoms with Crippen molar-refractivity contribution >= 4 is 11.8 Å². The highest BCUT2D eigenvalue weighted by Crippen LogP contribution is 2.68. The number of ether oxygens (including phenoxy) is 1. The summed E-state index contributed by atoms with van der Waals surface area (Å²) >= 11 is 0. The maximum Gasteiger partial charge on any atom is 0.304 e. The Morgan fingerprint density at radius 1 is 1.15 bits per heavy atom. The van der Waals surface area contributed by atoms with Gasteiger partial charge in [0.25, 0.3) is 0 Å². The van der Waals surface area contributed by atoms with Crippen LogP contribution in [0.2, 0.25) is 0 Å². The second-order valence-electron chi connectivity index (χ2n) is 9.50. The molecule has 0 heterocycles. The van der Waals surface area contributed by atoms with Gasteiger partial charge in [-0.2, -0.15) is 5.26 Å². The molecule has 0 unspecified atom stereocenters. The number of hydrogen-bond acceptors (Lipinski definition) is 4. The first kappa shape index (κ1) is 17.8. The molecule has 0 aromatic rings. The molecule has 0 bridgehead atoms. The first-order chi connectivity index (χ1) is 12.3. The Labute approximate surface area is 156 Å². The number of ketones is 1. The molecule has 4 aliphatic carbocycles. The van der Waals surface area contributed by atoms with Crippen molar-refractivity contribution in [1.82, 2.24) is 0 Å². The number of hydrogen-bond donors (Lipinski definition) is 0. The van der Waals surface area contributed by atoms with Crippen LogP contribution in [0.3, 0.4) is 0 Å². The van der Waals surface area contributed by atoms with Gasteiger partial charge in [0, 0.05) is 25.2 Å². The van der Waals surface area contributed by atoms with E-state index in [2.05, 4.69) is 19.9 Å². The molecule has 4 heteroatoms. The molecule has 3 fully saturated rings. The summed E-state index contributed by atoms with van der Waals surface area (Å²) in [4.78, 5) is 23.6. The Morgan fingerprint density at radius 2 is 1.88 bits per heavy atom. The second-order valence-corrected chi connectivity index (χ2v) is 9.50. The topological polar surface area (TPSA) is 67.2 Å². The fourth-order valence-electron chi connectivity index (χ4n) is 7.18. The summed E-state index contributed by atoms with van der Waals surface area (Å²) in [5.74, 6) is 1.52. The Hall–Kier alpha value is -1.63. The second kappa shape index (κ2) is 5.68. The SMILES string of the molecule is CC(=O)O[C@@]1(C#N)CC[C@@H]2[C@H]3CCC4=CC(=O)CC[C@]4(C)[C@@H]3CC[C@@]21C. The molecule has 0 N–H and O–H groups in total. The summed E-state index contributed by atoms with van der Waals surface area (Å²) in [5, 5.41) is 9.96. The number of allylic oxidation sites excluding steroid dienone is 1. The molecule has 140 valence electrons. The average Bonchev–Trinajstić information content (AvgIpc) is 2.88.